The number of benzene rings is 1. The van der Waals surface area contributed by atoms with Crippen molar-refractivity contribution >= 4 is 29.9 Å². The second kappa shape index (κ2) is 9.11. The number of hydrogen-bond acceptors (Lipinski definition) is 5. The average molecular weight is 307 g/mol. The molecule has 2 N–H and O–H groups in total. The molecule has 1 aromatic carbocycles. The van der Waals surface area contributed by atoms with E-state index in [1.807, 2.05) is 0 Å². The molecule has 0 unspecified atom stereocenters. The van der Waals surface area contributed by atoms with Crippen molar-refractivity contribution in [2.24, 2.45) is 0 Å². The van der Waals surface area contributed by atoms with Crippen molar-refractivity contribution in [1.82, 2.24) is 10.7 Å². The first-order chi connectivity index (χ1) is 10.6. The molecule has 1 aromatic rings. The first-order valence-corrected chi connectivity index (χ1v) is 6.60. The number of hydrogen-bond donors (Lipinski definition) is 2. The lowest BCUT2D eigenvalue weighted by atomic mass is 10.3. The molecule has 0 aliphatic rings. The van der Waals surface area contributed by atoms with Gasteiger partial charge in [-0.2, -0.15) is 0 Å². The van der Waals surface area contributed by atoms with Crippen LogP contribution in [0.1, 0.15) is 13.3 Å². The number of carbonyl (C=O) groups is 4. The van der Waals surface area contributed by atoms with Crippen LogP contribution in [-0.2, 0) is 19.1 Å². The molecule has 8 heteroatoms. The van der Waals surface area contributed by atoms with E-state index in [9.17, 15) is 19.2 Å². The lowest BCUT2D eigenvalue weighted by Gasteiger charge is -2.23. The van der Waals surface area contributed by atoms with Crippen LogP contribution in [-0.4, -0.2) is 37.3 Å². The fourth-order valence-electron chi connectivity index (χ4n) is 1.53. The van der Waals surface area contributed by atoms with Crippen molar-refractivity contribution < 1.29 is 23.9 Å². The van der Waals surface area contributed by atoms with Gasteiger partial charge in [0.05, 0.1) is 18.8 Å². The standard InChI is InChI=1S/C14H17N3O5/c1-2-22-13(20)10-12(19)16-17(14(21)15-8-9-18)11-6-4-3-5-7-11/h3-7,9H,2,8,10H2,1H3,(H,15,21)(H,16,19). The summed E-state index contributed by atoms with van der Waals surface area (Å²) in [6.45, 7) is 1.59. The third kappa shape index (κ3) is 5.61. The van der Waals surface area contributed by atoms with E-state index >= 15 is 0 Å². The van der Waals surface area contributed by atoms with Gasteiger partial charge in [-0.1, -0.05) is 18.2 Å². The summed E-state index contributed by atoms with van der Waals surface area (Å²) in [7, 11) is 0. The highest BCUT2D eigenvalue weighted by Gasteiger charge is 2.19. The molecule has 0 aliphatic heterocycles. The third-order valence-electron chi connectivity index (χ3n) is 2.40. The van der Waals surface area contributed by atoms with Crippen LogP contribution >= 0.6 is 0 Å². The van der Waals surface area contributed by atoms with E-state index in [4.69, 9.17) is 0 Å². The Morgan fingerprint density at radius 2 is 1.91 bits per heavy atom. The Labute approximate surface area is 127 Å². The van der Waals surface area contributed by atoms with Gasteiger partial charge in [0.1, 0.15) is 12.7 Å². The minimum atomic E-state index is -0.705. The molecular weight excluding hydrogens is 290 g/mol. The van der Waals surface area contributed by atoms with E-state index in [1.165, 1.54) is 0 Å². The van der Waals surface area contributed by atoms with Crippen molar-refractivity contribution in [2.45, 2.75) is 13.3 Å². The summed E-state index contributed by atoms with van der Waals surface area (Å²) < 4.78 is 4.66. The molecular formula is C14H17N3O5. The van der Waals surface area contributed by atoms with Crippen molar-refractivity contribution in [1.29, 1.82) is 0 Å². The van der Waals surface area contributed by atoms with Crippen LogP contribution in [0.3, 0.4) is 0 Å². The first kappa shape index (κ1) is 17.2. The van der Waals surface area contributed by atoms with Gasteiger partial charge in [0, 0.05) is 0 Å². The Balaban J connectivity index is 2.78. The molecule has 22 heavy (non-hydrogen) atoms. The number of hydrazine groups is 1. The Bertz CT molecular complexity index is 533. The summed E-state index contributed by atoms with van der Waals surface area (Å²) in [5.41, 5.74) is 2.67. The average Bonchev–Trinajstić information content (AvgIpc) is 2.51. The molecule has 0 radical (unpaired) electrons. The molecule has 8 nitrogen and oxygen atoms in total. The number of amides is 3. The number of nitrogens with one attached hydrogen (secondary N) is 2. The Morgan fingerprint density at radius 3 is 2.50 bits per heavy atom. The van der Waals surface area contributed by atoms with Crippen molar-refractivity contribution in [3.05, 3.63) is 30.3 Å². The van der Waals surface area contributed by atoms with Gasteiger partial charge in [-0.25, -0.2) is 9.80 Å². The maximum atomic E-state index is 12.0. The Kier molecular flexibility index (Phi) is 7.10. The molecule has 1 rings (SSSR count). The lowest BCUT2D eigenvalue weighted by molar-refractivity contribution is -0.146. The zero-order valence-corrected chi connectivity index (χ0v) is 12.1. The molecule has 0 saturated carbocycles. The molecule has 0 heterocycles. The minimum Gasteiger partial charge on any atom is -0.466 e. The number of urea groups is 1. The zero-order valence-electron chi connectivity index (χ0n) is 12.1. The molecule has 3 amide bonds. The molecule has 0 fully saturated rings. The summed E-state index contributed by atoms with van der Waals surface area (Å²) in [6, 6.07) is 7.57. The van der Waals surface area contributed by atoms with Crippen LogP contribution in [0.4, 0.5) is 10.5 Å². The third-order valence-corrected chi connectivity index (χ3v) is 2.40. The summed E-state index contributed by atoms with van der Waals surface area (Å²) in [5, 5.41) is 3.22. The van der Waals surface area contributed by atoms with E-state index in [1.54, 1.807) is 37.3 Å². The minimum absolute atomic E-state index is 0.161. The smallest absolute Gasteiger partial charge is 0.341 e. The van der Waals surface area contributed by atoms with Gasteiger partial charge in [-0.3, -0.25) is 15.0 Å². The van der Waals surface area contributed by atoms with Gasteiger partial charge >= 0.3 is 12.0 Å². The topological polar surface area (TPSA) is 105 Å². The van der Waals surface area contributed by atoms with Gasteiger partial charge in [-0.05, 0) is 19.1 Å². The lowest BCUT2D eigenvalue weighted by Crippen LogP contribution is -2.51. The Morgan fingerprint density at radius 1 is 1.23 bits per heavy atom. The van der Waals surface area contributed by atoms with Crippen LogP contribution in [0, 0.1) is 0 Å². The van der Waals surface area contributed by atoms with E-state index in [-0.39, 0.29) is 13.2 Å². The number of ether oxygens (including phenoxy) is 1. The van der Waals surface area contributed by atoms with E-state index in [0.717, 1.165) is 5.01 Å². The number of esters is 1. The van der Waals surface area contributed by atoms with Gasteiger partial charge in [-0.15, -0.1) is 0 Å². The second-order valence-electron chi connectivity index (χ2n) is 4.04. The summed E-state index contributed by atoms with van der Waals surface area (Å²) in [6.07, 6.45) is -0.000354. The molecule has 0 saturated heterocycles. The van der Waals surface area contributed by atoms with Crippen LogP contribution in [0.5, 0.6) is 0 Å². The molecule has 0 bridgehead atoms. The van der Waals surface area contributed by atoms with Crippen LogP contribution < -0.4 is 15.8 Å². The maximum Gasteiger partial charge on any atom is 0.341 e. The van der Waals surface area contributed by atoms with Gasteiger partial charge in [0.25, 0.3) is 0 Å². The highest BCUT2D eigenvalue weighted by atomic mass is 16.5. The highest BCUT2D eigenvalue weighted by Crippen LogP contribution is 2.11. The molecule has 0 atom stereocenters. The van der Waals surface area contributed by atoms with Gasteiger partial charge in [0.15, 0.2) is 0 Å². The molecule has 118 valence electrons. The number of anilines is 1. The number of nitrogens with zero attached hydrogens (tertiary/aromatic N) is 1. The summed E-state index contributed by atoms with van der Waals surface area (Å²) in [5.74, 6) is -1.40. The number of rotatable bonds is 6. The van der Waals surface area contributed by atoms with Crippen LogP contribution in [0.2, 0.25) is 0 Å². The zero-order chi connectivity index (χ0) is 16.4. The Hall–Kier alpha value is -2.90. The SMILES string of the molecule is CCOC(=O)CC(=O)NN(C(=O)NCC=O)c1ccccc1. The van der Waals surface area contributed by atoms with E-state index in [0.29, 0.717) is 12.0 Å². The highest BCUT2D eigenvalue weighted by molar-refractivity contribution is 6.00. The maximum absolute atomic E-state index is 12.0. The molecule has 0 aliphatic carbocycles. The van der Waals surface area contributed by atoms with Crippen molar-refractivity contribution in [2.75, 3.05) is 18.2 Å². The molecule has 0 aromatic heterocycles. The van der Waals surface area contributed by atoms with Crippen molar-refractivity contribution in [3.63, 3.8) is 0 Å². The van der Waals surface area contributed by atoms with Crippen LogP contribution in [0.15, 0.2) is 30.3 Å². The number of para-hydroxylation sites is 1. The van der Waals surface area contributed by atoms with Gasteiger partial charge < -0.3 is 14.8 Å². The quantitative estimate of drug-likeness (QED) is 0.342. The fraction of sp³-hybridized carbons (Fsp3) is 0.286. The molecule has 0 spiro atoms. The van der Waals surface area contributed by atoms with E-state index < -0.39 is 24.3 Å². The van der Waals surface area contributed by atoms with Crippen molar-refractivity contribution in [3.8, 4) is 0 Å². The number of carbonyl (C=O) groups excluding carboxylic acids is 4. The summed E-state index contributed by atoms with van der Waals surface area (Å²) >= 11 is 0. The predicted octanol–water partition coefficient (Wildman–Crippen LogP) is 0.386. The van der Waals surface area contributed by atoms with Crippen LogP contribution in [0.25, 0.3) is 0 Å². The predicted molar refractivity (Wildman–Crippen MR) is 77.8 cm³/mol. The fourth-order valence-corrected chi connectivity index (χ4v) is 1.53. The first-order valence-electron chi connectivity index (χ1n) is 6.60. The summed E-state index contributed by atoms with van der Waals surface area (Å²) in [4.78, 5) is 45.4. The second-order valence-corrected chi connectivity index (χ2v) is 4.04. The van der Waals surface area contributed by atoms with Gasteiger partial charge in [0.2, 0.25) is 5.91 Å². The largest absolute Gasteiger partial charge is 0.466 e. The normalized spacial score (nSPS) is 9.50. The number of aldehydes is 1. The monoisotopic (exact) mass is 307 g/mol. The van der Waals surface area contributed by atoms with E-state index in [2.05, 4.69) is 15.5 Å².